The van der Waals surface area contributed by atoms with Gasteiger partial charge in [-0.15, -0.1) is 5.54 Å². The van der Waals surface area contributed by atoms with Crippen molar-refractivity contribution in [2.75, 3.05) is 0 Å². The van der Waals surface area contributed by atoms with E-state index in [9.17, 15) is 0 Å². The second kappa shape index (κ2) is 9.01. The van der Waals surface area contributed by atoms with Gasteiger partial charge in [0.25, 0.3) is 0 Å². The van der Waals surface area contributed by atoms with Gasteiger partial charge in [0.05, 0.1) is 5.92 Å². The molecule has 0 spiro atoms. The third-order valence-corrected chi connectivity index (χ3v) is 12.8. The van der Waals surface area contributed by atoms with Crippen LogP contribution in [0.5, 0.6) is 0 Å². The van der Waals surface area contributed by atoms with Gasteiger partial charge in [-0.25, -0.2) is 0 Å². The summed E-state index contributed by atoms with van der Waals surface area (Å²) >= 11 is 0. The van der Waals surface area contributed by atoms with Gasteiger partial charge in [0, 0.05) is 0 Å². The lowest BCUT2D eigenvalue weighted by Gasteiger charge is -2.38. The predicted molar refractivity (Wildman–Crippen MR) is 131 cm³/mol. The molecular formula is C28H34Si. The largest absolute Gasteiger partial charge is 0.146 e. The third kappa shape index (κ3) is 4.33. The number of hydrogen-bond acceptors (Lipinski definition) is 0. The average molecular weight is 399 g/mol. The van der Waals surface area contributed by atoms with Crippen LogP contribution in [0.1, 0.15) is 58.6 Å². The van der Waals surface area contributed by atoms with Gasteiger partial charge in [-0.05, 0) is 44.6 Å². The maximum atomic E-state index is 3.97. The Labute approximate surface area is 178 Å². The summed E-state index contributed by atoms with van der Waals surface area (Å²) in [7, 11) is -1.77. The molecule has 1 heteroatoms. The van der Waals surface area contributed by atoms with E-state index in [-0.39, 0.29) is 5.92 Å². The van der Waals surface area contributed by atoms with Crippen LogP contribution in [0.25, 0.3) is 10.8 Å². The first-order valence-electron chi connectivity index (χ1n) is 10.9. The van der Waals surface area contributed by atoms with Crippen LogP contribution in [0, 0.1) is 11.5 Å². The van der Waals surface area contributed by atoms with E-state index in [4.69, 9.17) is 0 Å². The Morgan fingerprint density at radius 1 is 0.586 bits per heavy atom. The number of rotatable bonds is 5. The van der Waals surface area contributed by atoms with Crippen molar-refractivity contribution in [3.05, 3.63) is 83.9 Å². The molecule has 0 aliphatic rings. The summed E-state index contributed by atoms with van der Waals surface area (Å²) in [6, 6.07) is 26.2. The van der Waals surface area contributed by atoms with Gasteiger partial charge >= 0.3 is 0 Å². The topological polar surface area (TPSA) is 0 Å². The van der Waals surface area contributed by atoms with E-state index in [1.807, 2.05) is 0 Å². The Hall–Kier alpha value is -2.30. The fourth-order valence-electron chi connectivity index (χ4n) is 5.02. The molecular weight excluding hydrogens is 364 g/mol. The lowest BCUT2D eigenvalue weighted by molar-refractivity contribution is 0.838. The van der Waals surface area contributed by atoms with Crippen LogP contribution in [0.2, 0.25) is 16.6 Å². The minimum Gasteiger partial charge on any atom is -0.129 e. The van der Waals surface area contributed by atoms with Gasteiger partial charge in [-0.3, -0.25) is 0 Å². The molecule has 0 amide bonds. The third-order valence-electron chi connectivity index (χ3n) is 6.54. The van der Waals surface area contributed by atoms with E-state index in [1.54, 1.807) is 0 Å². The molecule has 0 aromatic heterocycles. The Kier molecular flexibility index (Phi) is 6.65. The van der Waals surface area contributed by atoms with E-state index in [0.29, 0.717) is 16.6 Å². The van der Waals surface area contributed by atoms with Crippen molar-refractivity contribution in [3.8, 4) is 11.5 Å². The Morgan fingerprint density at radius 3 is 1.72 bits per heavy atom. The molecule has 0 bridgehead atoms. The first-order chi connectivity index (χ1) is 13.9. The summed E-state index contributed by atoms with van der Waals surface area (Å²) in [5.74, 6) is 3.93. The molecule has 3 aromatic rings. The van der Waals surface area contributed by atoms with Crippen LogP contribution >= 0.6 is 0 Å². The molecule has 0 fully saturated rings. The van der Waals surface area contributed by atoms with Crippen molar-refractivity contribution in [2.45, 2.75) is 64.1 Å². The molecule has 0 radical (unpaired) electrons. The molecule has 0 aliphatic heterocycles. The number of hydrogen-bond donors (Lipinski definition) is 0. The van der Waals surface area contributed by atoms with Crippen LogP contribution in [-0.2, 0) is 0 Å². The summed E-state index contributed by atoms with van der Waals surface area (Å²) < 4.78 is 0. The van der Waals surface area contributed by atoms with Crippen LogP contribution in [0.15, 0.2) is 72.8 Å². The second-order valence-electron chi connectivity index (χ2n) is 9.12. The van der Waals surface area contributed by atoms with E-state index >= 15 is 0 Å². The van der Waals surface area contributed by atoms with E-state index < -0.39 is 8.07 Å². The van der Waals surface area contributed by atoms with Crippen LogP contribution in [0.3, 0.4) is 0 Å². The van der Waals surface area contributed by atoms with Gasteiger partial charge in [0.2, 0.25) is 0 Å². The van der Waals surface area contributed by atoms with Crippen molar-refractivity contribution in [3.63, 3.8) is 0 Å². The predicted octanol–water partition coefficient (Wildman–Crippen LogP) is 8.19. The summed E-state index contributed by atoms with van der Waals surface area (Å²) in [5.41, 5.74) is 8.47. The first-order valence-corrected chi connectivity index (χ1v) is 13.2. The molecule has 0 heterocycles. The number of fused-ring (bicyclic) bond motifs is 1. The van der Waals surface area contributed by atoms with E-state index in [0.717, 1.165) is 0 Å². The van der Waals surface area contributed by atoms with Crippen molar-refractivity contribution >= 4 is 18.8 Å². The Balaban J connectivity index is 2.16. The van der Waals surface area contributed by atoms with Gasteiger partial charge < -0.3 is 0 Å². The molecule has 3 rings (SSSR count). The molecule has 0 nitrogen and oxygen atoms in total. The van der Waals surface area contributed by atoms with Gasteiger partial charge in [-0.1, -0.05) is 114 Å². The second-order valence-corrected chi connectivity index (χ2v) is 14.7. The standard InChI is InChI=1S/C28H34Si/c1-21(2)29(22(3)4,23(5)6)19-18-28(25-13-8-7-9-14-25)27-17-16-24-12-10-11-15-26(24)20-27/h7-17,20-23,28H,1-6H3. The SMILES string of the molecule is CC(C)[Si](C#CC(c1ccccc1)c1ccc2ccccc2c1)(C(C)C)C(C)C. The minimum absolute atomic E-state index is 0.115. The van der Waals surface area contributed by atoms with Crippen LogP contribution in [-0.4, -0.2) is 8.07 Å². The summed E-state index contributed by atoms with van der Waals surface area (Å²) in [6.07, 6.45) is 0. The molecule has 0 N–H and O–H groups in total. The zero-order valence-electron chi connectivity index (χ0n) is 18.7. The fraction of sp³-hybridized carbons (Fsp3) is 0.357. The molecule has 0 saturated carbocycles. The smallest absolute Gasteiger partial charge is 0.129 e. The van der Waals surface area contributed by atoms with E-state index in [1.165, 1.54) is 21.9 Å². The fourth-order valence-corrected chi connectivity index (χ4v) is 10.3. The van der Waals surface area contributed by atoms with E-state index in [2.05, 4.69) is 126 Å². The highest BCUT2D eigenvalue weighted by atomic mass is 28.3. The number of benzene rings is 3. The molecule has 0 aliphatic carbocycles. The molecule has 1 atom stereocenters. The Morgan fingerprint density at radius 2 is 1.14 bits per heavy atom. The molecule has 1 unspecified atom stereocenters. The monoisotopic (exact) mass is 398 g/mol. The molecule has 3 aromatic carbocycles. The van der Waals surface area contributed by atoms with Crippen LogP contribution in [0.4, 0.5) is 0 Å². The van der Waals surface area contributed by atoms with Crippen molar-refractivity contribution in [1.29, 1.82) is 0 Å². The normalized spacial score (nSPS) is 13.0. The first kappa shape index (κ1) is 21.4. The highest BCUT2D eigenvalue weighted by Crippen LogP contribution is 2.41. The zero-order chi connectivity index (χ0) is 21.0. The average Bonchev–Trinajstić information content (AvgIpc) is 2.71. The lowest BCUT2D eigenvalue weighted by atomic mass is 9.91. The maximum Gasteiger partial charge on any atom is 0.146 e. The highest BCUT2D eigenvalue weighted by molar-refractivity contribution is 6.90. The zero-order valence-corrected chi connectivity index (χ0v) is 19.7. The van der Waals surface area contributed by atoms with Gasteiger partial charge in [0.1, 0.15) is 8.07 Å². The lowest BCUT2D eigenvalue weighted by Crippen LogP contribution is -2.43. The highest BCUT2D eigenvalue weighted by Gasteiger charge is 2.41. The summed E-state index contributed by atoms with van der Waals surface area (Å²) in [6.45, 7) is 14.3. The summed E-state index contributed by atoms with van der Waals surface area (Å²) in [5, 5.41) is 2.57. The quantitative estimate of drug-likeness (QED) is 0.300. The van der Waals surface area contributed by atoms with Crippen molar-refractivity contribution in [1.82, 2.24) is 0 Å². The molecule has 150 valence electrons. The maximum absolute atomic E-state index is 3.97. The molecule has 0 saturated heterocycles. The van der Waals surface area contributed by atoms with Crippen molar-refractivity contribution in [2.24, 2.45) is 0 Å². The summed E-state index contributed by atoms with van der Waals surface area (Å²) in [4.78, 5) is 0. The Bertz CT molecular complexity index is 981. The minimum atomic E-state index is -1.77. The van der Waals surface area contributed by atoms with Crippen LogP contribution < -0.4 is 0 Å². The van der Waals surface area contributed by atoms with Gasteiger partial charge in [-0.2, -0.15) is 0 Å². The van der Waals surface area contributed by atoms with Crippen molar-refractivity contribution < 1.29 is 0 Å². The molecule has 29 heavy (non-hydrogen) atoms. The van der Waals surface area contributed by atoms with Gasteiger partial charge in [0.15, 0.2) is 0 Å².